The van der Waals surface area contributed by atoms with Crippen molar-refractivity contribution in [3.63, 3.8) is 0 Å². The first-order chi connectivity index (χ1) is 7.81. The first-order valence-corrected chi connectivity index (χ1v) is 6.07. The topological polar surface area (TPSA) is 42.0 Å². The zero-order valence-corrected chi connectivity index (χ0v) is 9.75. The Balaban J connectivity index is 2.17. The van der Waals surface area contributed by atoms with Gasteiger partial charge in [-0.25, -0.2) is 0 Å². The SMILES string of the molecule is CCCC(=O)Nc1cncc2c1CCCC2. The van der Waals surface area contributed by atoms with E-state index in [4.69, 9.17) is 0 Å². The zero-order chi connectivity index (χ0) is 11.4. The highest BCUT2D eigenvalue weighted by molar-refractivity contribution is 5.91. The summed E-state index contributed by atoms with van der Waals surface area (Å²) >= 11 is 0. The third-order valence-corrected chi connectivity index (χ3v) is 3.02. The van der Waals surface area contributed by atoms with Crippen molar-refractivity contribution in [2.45, 2.75) is 45.4 Å². The Morgan fingerprint density at radius 3 is 3.00 bits per heavy atom. The Morgan fingerprint density at radius 1 is 1.38 bits per heavy atom. The lowest BCUT2D eigenvalue weighted by molar-refractivity contribution is -0.116. The van der Waals surface area contributed by atoms with E-state index in [0.29, 0.717) is 6.42 Å². The van der Waals surface area contributed by atoms with Crippen molar-refractivity contribution in [3.8, 4) is 0 Å². The lowest BCUT2D eigenvalue weighted by Gasteiger charge is -2.18. The second-order valence-corrected chi connectivity index (χ2v) is 4.33. The van der Waals surface area contributed by atoms with Crippen molar-refractivity contribution in [2.24, 2.45) is 0 Å². The van der Waals surface area contributed by atoms with E-state index < -0.39 is 0 Å². The molecule has 0 saturated heterocycles. The van der Waals surface area contributed by atoms with Gasteiger partial charge >= 0.3 is 0 Å². The van der Waals surface area contributed by atoms with Gasteiger partial charge < -0.3 is 5.32 Å². The maximum atomic E-state index is 11.6. The summed E-state index contributed by atoms with van der Waals surface area (Å²) in [5, 5.41) is 2.97. The molecule has 3 nitrogen and oxygen atoms in total. The Bertz CT molecular complexity index is 388. The van der Waals surface area contributed by atoms with Gasteiger partial charge in [-0.1, -0.05) is 6.92 Å². The molecule has 1 N–H and O–H groups in total. The van der Waals surface area contributed by atoms with Crippen LogP contribution in [0.15, 0.2) is 12.4 Å². The molecule has 0 aromatic carbocycles. The summed E-state index contributed by atoms with van der Waals surface area (Å²) < 4.78 is 0. The molecule has 16 heavy (non-hydrogen) atoms. The highest BCUT2D eigenvalue weighted by Gasteiger charge is 2.14. The van der Waals surface area contributed by atoms with Crippen LogP contribution in [0.2, 0.25) is 0 Å². The molecule has 2 rings (SSSR count). The molecular weight excluding hydrogens is 200 g/mol. The van der Waals surface area contributed by atoms with E-state index in [-0.39, 0.29) is 5.91 Å². The van der Waals surface area contributed by atoms with Crippen LogP contribution < -0.4 is 5.32 Å². The summed E-state index contributed by atoms with van der Waals surface area (Å²) in [7, 11) is 0. The molecule has 1 aromatic rings. The minimum Gasteiger partial charge on any atom is -0.324 e. The Labute approximate surface area is 96.3 Å². The first-order valence-electron chi connectivity index (χ1n) is 6.07. The fraction of sp³-hybridized carbons (Fsp3) is 0.538. The smallest absolute Gasteiger partial charge is 0.224 e. The van der Waals surface area contributed by atoms with Gasteiger partial charge in [-0.05, 0) is 43.2 Å². The van der Waals surface area contributed by atoms with Gasteiger partial charge in [0.25, 0.3) is 0 Å². The van der Waals surface area contributed by atoms with Crippen molar-refractivity contribution in [1.29, 1.82) is 0 Å². The van der Waals surface area contributed by atoms with Gasteiger partial charge in [0.05, 0.1) is 11.9 Å². The maximum Gasteiger partial charge on any atom is 0.224 e. The number of hydrogen-bond donors (Lipinski definition) is 1. The molecule has 3 heteroatoms. The van der Waals surface area contributed by atoms with Crippen LogP contribution in [-0.2, 0) is 17.6 Å². The predicted molar refractivity (Wildman–Crippen MR) is 64.4 cm³/mol. The summed E-state index contributed by atoms with van der Waals surface area (Å²) in [5.41, 5.74) is 3.53. The fourth-order valence-electron chi connectivity index (χ4n) is 2.21. The normalized spacial score (nSPS) is 14.3. The number of amides is 1. The monoisotopic (exact) mass is 218 g/mol. The number of aromatic nitrogens is 1. The number of fused-ring (bicyclic) bond motifs is 1. The quantitative estimate of drug-likeness (QED) is 0.847. The number of rotatable bonds is 3. The second kappa shape index (κ2) is 5.10. The molecule has 0 atom stereocenters. The van der Waals surface area contributed by atoms with Crippen LogP contribution >= 0.6 is 0 Å². The molecule has 1 heterocycles. The van der Waals surface area contributed by atoms with Crippen LogP contribution in [-0.4, -0.2) is 10.9 Å². The standard InChI is InChI=1S/C13H18N2O/c1-2-5-13(16)15-12-9-14-8-10-6-3-4-7-11(10)12/h8-9H,2-7H2,1H3,(H,15,16). The van der Waals surface area contributed by atoms with Gasteiger partial charge in [-0.15, -0.1) is 0 Å². The number of hydrogen-bond acceptors (Lipinski definition) is 2. The van der Waals surface area contributed by atoms with E-state index in [9.17, 15) is 4.79 Å². The highest BCUT2D eigenvalue weighted by atomic mass is 16.1. The third-order valence-electron chi connectivity index (χ3n) is 3.02. The summed E-state index contributed by atoms with van der Waals surface area (Å²) in [4.78, 5) is 15.8. The molecule has 1 aliphatic carbocycles. The van der Waals surface area contributed by atoms with E-state index in [1.165, 1.54) is 24.0 Å². The largest absolute Gasteiger partial charge is 0.324 e. The van der Waals surface area contributed by atoms with Gasteiger partial charge in [0.1, 0.15) is 0 Å². The van der Waals surface area contributed by atoms with E-state index in [1.54, 1.807) is 6.20 Å². The highest BCUT2D eigenvalue weighted by Crippen LogP contribution is 2.26. The average Bonchev–Trinajstić information content (AvgIpc) is 2.30. The minimum atomic E-state index is 0.100. The van der Waals surface area contributed by atoms with E-state index >= 15 is 0 Å². The van der Waals surface area contributed by atoms with E-state index in [0.717, 1.165) is 24.9 Å². The molecule has 0 unspecified atom stereocenters. The number of carbonyl (C=O) groups excluding carboxylic acids is 1. The molecule has 0 bridgehead atoms. The number of nitrogens with one attached hydrogen (secondary N) is 1. The summed E-state index contributed by atoms with van der Waals surface area (Å²) in [5.74, 6) is 0.100. The molecule has 0 saturated carbocycles. The van der Waals surface area contributed by atoms with Crippen LogP contribution in [0, 0.1) is 0 Å². The van der Waals surface area contributed by atoms with Gasteiger partial charge in [-0.3, -0.25) is 9.78 Å². The van der Waals surface area contributed by atoms with Crippen molar-refractivity contribution >= 4 is 11.6 Å². The van der Waals surface area contributed by atoms with Crippen molar-refractivity contribution < 1.29 is 4.79 Å². The minimum absolute atomic E-state index is 0.100. The summed E-state index contributed by atoms with van der Waals surface area (Å²) in [6, 6.07) is 0. The van der Waals surface area contributed by atoms with Crippen LogP contribution in [0.4, 0.5) is 5.69 Å². The number of pyridine rings is 1. The number of anilines is 1. The molecule has 0 radical (unpaired) electrons. The molecule has 0 fully saturated rings. The first kappa shape index (κ1) is 11.1. The van der Waals surface area contributed by atoms with Gasteiger partial charge in [0.2, 0.25) is 5.91 Å². The van der Waals surface area contributed by atoms with Crippen molar-refractivity contribution in [3.05, 3.63) is 23.5 Å². The molecule has 86 valence electrons. The summed E-state index contributed by atoms with van der Waals surface area (Å²) in [6.45, 7) is 2.01. The van der Waals surface area contributed by atoms with Gasteiger partial charge in [-0.2, -0.15) is 0 Å². The zero-order valence-electron chi connectivity index (χ0n) is 9.75. The number of carbonyl (C=O) groups is 1. The molecule has 0 aliphatic heterocycles. The maximum absolute atomic E-state index is 11.6. The van der Waals surface area contributed by atoms with Gasteiger partial charge in [0, 0.05) is 12.6 Å². The van der Waals surface area contributed by atoms with E-state index in [1.807, 2.05) is 13.1 Å². The predicted octanol–water partition coefficient (Wildman–Crippen LogP) is 2.70. The van der Waals surface area contributed by atoms with E-state index in [2.05, 4.69) is 10.3 Å². The Kier molecular flexibility index (Phi) is 3.54. The van der Waals surface area contributed by atoms with Crippen molar-refractivity contribution in [2.75, 3.05) is 5.32 Å². The van der Waals surface area contributed by atoms with Crippen LogP contribution in [0.25, 0.3) is 0 Å². The number of nitrogens with zero attached hydrogens (tertiary/aromatic N) is 1. The Morgan fingerprint density at radius 2 is 2.19 bits per heavy atom. The molecule has 1 amide bonds. The molecular formula is C13H18N2O. The van der Waals surface area contributed by atoms with Crippen molar-refractivity contribution in [1.82, 2.24) is 4.98 Å². The average molecular weight is 218 g/mol. The fourth-order valence-corrected chi connectivity index (χ4v) is 2.21. The Hall–Kier alpha value is -1.38. The lowest BCUT2D eigenvalue weighted by Crippen LogP contribution is -2.15. The number of aryl methyl sites for hydroxylation is 1. The van der Waals surface area contributed by atoms with Gasteiger partial charge in [0.15, 0.2) is 0 Å². The van der Waals surface area contributed by atoms with Crippen LogP contribution in [0.5, 0.6) is 0 Å². The molecule has 1 aliphatic rings. The third kappa shape index (κ3) is 2.40. The summed E-state index contributed by atoms with van der Waals surface area (Å²) in [6.07, 6.45) is 9.80. The lowest BCUT2D eigenvalue weighted by atomic mass is 9.92. The van der Waals surface area contributed by atoms with Crippen LogP contribution in [0.3, 0.4) is 0 Å². The molecule has 0 spiro atoms. The second-order valence-electron chi connectivity index (χ2n) is 4.33. The molecule has 1 aromatic heterocycles. The van der Waals surface area contributed by atoms with Crippen LogP contribution in [0.1, 0.15) is 43.7 Å².